The number of amides is 2. The quantitative estimate of drug-likeness (QED) is 0.778. The molecule has 8 nitrogen and oxygen atoms in total. The predicted octanol–water partition coefficient (Wildman–Crippen LogP) is 1.47. The van der Waals surface area contributed by atoms with Crippen LogP contribution in [0.5, 0.6) is 0 Å². The molecular weight excluding hydrogens is 358 g/mol. The van der Waals surface area contributed by atoms with Crippen molar-refractivity contribution in [2.45, 2.75) is 38.8 Å². The Labute approximate surface area is 164 Å². The fourth-order valence-corrected chi connectivity index (χ4v) is 3.81. The van der Waals surface area contributed by atoms with Crippen LogP contribution in [0.2, 0.25) is 0 Å². The van der Waals surface area contributed by atoms with E-state index in [0.29, 0.717) is 63.9 Å². The summed E-state index contributed by atoms with van der Waals surface area (Å²) < 4.78 is 5.61. The molecule has 3 heterocycles. The first-order chi connectivity index (χ1) is 13.7. The maximum Gasteiger partial charge on any atom is 0.318 e. The Kier molecular flexibility index (Phi) is 5.27. The third-order valence-corrected chi connectivity index (χ3v) is 5.43. The normalized spacial score (nSPS) is 20.1. The van der Waals surface area contributed by atoms with Gasteiger partial charge in [-0.15, -0.1) is 5.10 Å². The molecule has 4 rings (SSSR count). The summed E-state index contributed by atoms with van der Waals surface area (Å²) in [5, 5.41) is 8.08. The van der Waals surface area contributed by atoms with Crippen molar-refractivity contribution in [2.24, 2.45) is 0 Å². The lowest BCUT2D eigenvalue weighted by molar-refractivity contribution is -0.142. The van der Waals surface area contributed by atoms with Gasteiger partial charge in [0.15, 0.2) is 0 Å². The molecule has 0 N–H and O–H groups in total. The van der Waals surface area contributed by atoms with Gasteiger partial charge in [0.05, 0.1) is 0 Å². The number of hydrogen-bond acceptors (Lipinski definition) is 6. The monoisotopic (exact) mass is 383 g/mol. The van der Waals surface area contributed by atoms with Crippen LogP contribution in [0.3, 0.4) is 0 Å². The minimum Gasteiger partial charge on any atom is -0.408 e. The molecule has 148 valence electrons. The molecule has 2 saturated heterocycles. The molecule has 1 aromatic heterocycles. The van der Waals surface area contributed by atoms with Crippen LogP contribution in [0, 0.1) is 0 Å². The van der Waals surface area contributed by atoms with E-state index in [9.17, 15) is 9.59 Å². The van der Waals surface area contributed by atoms with Crippen LogP contribution in [-0.4, -0.2) is 64.0 Å². The molecule has 1 aromatic carbocycles. The summed E-state index contributed by atoms with van der Waals surface area (Å²) in [7, 11) is 0. The number of hydrogen-bond donors (Lipinski definition) is 0. The summed E-state index contributed by atoms with van der Waals surface area (Å²) in [6.45, 7) is 4.93. The second-order valence-corrected chi connectivity index (χ2v) is 7.21. The minimum absolute atomic E-state index is 0.0428. The zero-order valence-corrected chi connectivity index (χ0v) is 16.1. The number of aromatic nitrogens is 2. The standard InChI is InChI=1S/C20H25N5O3/c1-2-17-21-22-20(28-17)24-12-10-23(11-13-24)19(27)16-8-9-18(26)25(16)14-15-6-4-3-5-7-15/h3-7,16H,2,8-14H2,1H3. The number of rotatable bonds is 5. The number of carbonyl (C=O) groups is 2. The van der Waals surface area contributed by atoms with E-state index in [1.54, 1.807) is 4.90 Å². The minimum atomic E-state index is -0.366. The Hall–Kier alpha value is -2.90. The molecule has 1 atom stereocenters. The number of likely N-dealkylation sites (tertiary alicyclic amines) is 1. The van der Waals surface area contributed by atoms with Crippen molar-refractivity contribution in [1.82, 2.24) is 20.0 Å². The highest BCUT2D eigenvalue weighted by atomic mass is 16.4. The van der Waals surface area contributed by atoms with E-state index in [2.05, 4.69) is 10.2 Å². The lowest BCUT2D eigenvalue weighted by Gasteiger charge is -2.36. The Morgan fingerprint density at radius 3 is 2.57 bits per heavy atom. The molecule has 2 aliphatic heterocycles. The van der Waals surface area contributed by atoms with E-state index in [1.165, 1.54) is 0 Å². The number of aryl methyl sites for hydroxylation is 1. The maximum absolute atomic E-state index is 13.1. The summed E-state index contributed by atoms with van der Waals surface area (Å²) in [6, 6.07) is 9.98. The average Bonchev–Trinajstić information content (AvgIpc) is 3.36. The molecule has 1 unspecified atom stereocenters. The lowest BCUT2D eigenvalue weighted by Crippen LogP contribution is -2.54. The fraction of sp³-hybridized carbons (Fsp3) is 0.500. The zero-order chi connectivity index (χ0) is 19.5. The molecule has 2 aliphatic rings. The van der Waals surface area contributed by atoms with E-state index in [4.69, 9.17) is 4.42 Å². The molecule has 2 fully saturated rings. The van der Waals surface area contributed by atoms with Gasteiger partial charge in [0.25, 0.3) is 0 Å². The third-order valence-electron chi connectivity index (χ3n) is 5.43. The van der Waals surface area contributed by atoms with Crippen LogP contribution in [-0.2, 0) is 22.6 Å². The number of nitrogens with zero attached hydrogens (tertiary/aromatic N) is 5. The molecule has 8 heteroatoms. The summed E-state index contributed by atoms with van der Waals surface area (Å²) in [5.74, 6) is 0.717. The smallest absolute Gasteiger partial charge is 0.318 e. The van der Waals surface area contributed by atoms with Gasteiger partial charge in [-0.2, -0.15) is 0 Å². The van der Waals surface area contributed by atoms with Gasteiger partial charge in [-0.05, 0) is 12.0 Å². The molecule has 0 spiro atoms. The van der Waals surface area contributed by atoms with Gasteiger partial charge in [-0.25, -0.2) is 0 Å². The van der Waals surface area contributed by atoms with E-state index in [0.717, 1.165) is 5.56 Å². The third kappa shape index (κ3) is 3.72. The lowest BCUT2D eigenvalue weighted by atomic mass is 10.1. The SMILES string of the molecule is CCc1nnc(N2CCN(C(=O)C3CCC(=O)N3Cc3ccccc3)CC2)o1. The topological polar surface area (TPSA) is 82.8 Å². The largest absolute Gasteiger partial charge is 0.408 e. The fourth-order valence-electron chi connectivity index (χ4n) is 3.81. The molecule has 0 aliphatic carbocycles. The van der Waals surface area contributed by atoms with Crippen LogP contribution in [0.1, 0.15) is 31.2 Å². The van der Waals surface area contributed by atoms with Crippen LogP contribution < -0.4 is 4.90 Å². The zero-order valence-electron chi connectivity index (χ0n) is 16.1. The van der Waals surface area contributed by atoms with Crippen LogP contribution >= 0.6 is 0 Å². The highest BCUT2D eigenvalue weighted by Crippen LogP contribution is 2.24. The average molecular weight is 383 g/mol. The molecule has 0 radical (unpaired) electrons. The van der Waals surface area contributed by atoms with Gasteiger partial charge in [0.1, 0.15) is 6.04 Å². The van der Waals surface area contributed by atoms with Crippen molar-refractivity contribution in [3.63, 3.8) is 0 Å². The van der Waals surface area contributed by atoms with Crippen molar-refractivity contribution in [1.29, 1.82) is 0 Å². The number of piperazine rings is 1. The van der Waals surface area contributed by atoms with Crippen molar-refractivity contribution in [3.8, 4) is 0 Å². The van der Waals surface area contributed by atoms with E-state index < -0.39 is 0 Å². The van der Waals surface area contributed by atoms with Gasteiger partial charge >= 0.3 is 6.01 Å². The molecule has 2 aromatic rings. The maximum atomic E-state index is 13.1. The first-order valence-corrected chi connectivity index (χ1v) is 9.85. The Bertz CT molecular complexity index is 829. The van der Waals surface area contributed by atoms with E-state index in [-0.39, 0.29) is 17.9 Å². The first kappa shape index (κ1) is 18.5. The first-order valence-electron chi connectivity index (χ1n) is 9.85. The van der Waals surface area contributed by atoms with Gasteiger partial charge in [-0.3, -0.25) is 9.59 Å². The van der Waals surface area contributed by atoms with Gasteiger partial charge in [0.2, 0.25) is 17.7 Å². The Morgan fingerprint density at radius 1 is 1.14 bits per heavy atom. The van der Waals surface area contributed by atoms with Crippen LogP contribution in [0.4, 0.5) is 6.01 Å². The van der Waals surface area contributed by atoms with Gasteiger partial charge in [-0.1, -0.05) is 42.4 Å². The second kappa shape index (κ2) is 8.00. The molecule has 0 saturated carbocycles. The highest BCUT2D eigenvalue weighted by Gasteiger charge is 2.39. The molecule has 28 heavy (non-hydrogen) atoms. The Balaban J connectivity index is 1.38. The van der Waals surface area contributed by atoms with Gasteiger partial charge < -0.3 is 19.1 Å². The molecule has 0 bridgehead atoms. The molecular formula is C20H25N5O3. The van der Waals surface area contributed by atoms with Crippen molar-refractivity contribution in [3.05, 3.63) is 41.8 Å². The number of carbonyl (C=O) groups excluding carboxylic acids is 2. The summed E-state index contributed by atoms with van der Waals surface area (Å²) in [5.41, 5.74) is 1.04. The highest BCUT2D eigenvalue weighted by molar-refractivity contribution is 5.91. The van der Waals surface area contributed by atoms with E-state index >= 15 is 0 Å². The van der Waals surface area contributed by atoms with Gasteiger partial charge in [0, 0.05) is 45.6 Å². The van der Waals surface area contributed by atoms with Crippen molar-refractivity contribution in [2.75, 3.05) is 31.1 Å². The summed E-state index contributed by atoms with van der Waals surface area (Å²) in [6.07, 6.45) is 1.73. The number of anilines is 1. The predicted molar refractivity (Wildman–Crippen MR) is 102 cm³/mol. The van der Waals surface area contributed by atoms with Crippen LogP contribution in [0.25, 0.3) is 0 Å². The van der Waals surface area contributed by atoms with E-state index in [1.807, 2.05) is 47.1 Å². The summed E-state index contributed by atoms with van der Waals surface area (Å²) in [4.78, 5) is 31.1. The summed E-state index contributed by atoms with van der Waals surface area (Å²) >= 11 is 0. The molecule has 2 amide bonds. The van der Waals surface area contributed by atoms with Crippen molar-refractivity contribution >= 4 is 17.8 Å². The number of benzene rings is 1. The second-order valence-electron chi connectivity index (χ2n) is 7.21. The Morgan fingerprint density at radius 2 is 1.89 bits per heavy atom. The van der Waals surface area contributed by atoms with Crippen LogP contribution in [0.15, 0.2) is 34.7 Å². The van der Waals surface area contributed by atoms with Crippen molar-refractivity contribution < 1.29 is 14.0 Å².